The SMILES string of the molecule is Br.Cn1nnnc1SCCCN. The molecule has 1 aromatic heterocycles. The van der Waals surface area contributed by atoms with Gasteiger partial charge in [0.2, 0.25) is 5.16 Å². The van der Waals surface area contributed by atoms with Crippen molar-refractivity contribution in [2.75, 3.05) is 12.3 Å². The Morgan fingerprint density at radius 1 is 1.58 bits per heavy atom. The van der Waals surface area contributed by atoms with Crippen LogP contribution in [-0.2, 0) is 7.05 Å². The molecule has 1 aromatic rings. The van der Waals surface area contributed by atoms with Gasteiger partial charge < -0.3 is 5.73 Å². The van der Waals surface area contributed by atoms with E-state index >= 15 is 0 Å². The first kappa shape index (κ1) is 11.9. The maximum atomic E-state index is 5.33. The fourth-order valence-corrected chi connectivity index (χ4v) is 1.40. The highest BCUT2D eigenvalue weighted by Crippen LogP contribution is 2.12. The van der Waals surface area contributed by atoms with Crippen molar-refractivity contribution in [3.8, 4) is 0 Å². The molecule has 70 valence electrons. The summed E-state index contributed by atoms with van der Waals surface area (Å²) in [5.74, 6) is 0.977. The van der Waals surface area contributed by atoms with Gasteiger partial charge in [-0.25, -0.2) is 4.68 Å². The third-order valence-electron chi connectivity index (χ3n) is 1.16. The van der Waals surface area contributed by atoms with Crippen LogP contribution in [0.2, 0.25) is 0 Å². The number of aryl methyl sites for hydroxylation is 1. The average molecular weight is 254 g/mol. The van der Waals surface area contributed by atoms with Gasteiger partial charge in [0.1, 0.15) is 0 Å². The topological polar surface area (TPSA) is 69.6 Å². The van der Waals surface area contributed by atoms with Crippen molar-refractivity contribution >= 4 is 28.7 Å². The summed E-state index contributed by atoms with van der Waals surface area (Å²) in [7, 11) is 1.82. The highest BCUT2D eigenvalue weighted by molar-refractivity contribution is 8.93. The van der Waals surface area contributed by atoms with Crippen LogP contribution in [0.3, 0.4) is 0 Å². The van der Waals surface area contributed by atoms with Crippen molar-refractivity contribution in [2.45, 2.75) is 11.6 Å². The molecular formula is C5H12BrN5S. The Kier molecular flexibility index (Phi) is 6.31. The van der Waals surface area contributed by atoms with Crippen LogP contribution in [0.15, 0.2) is 5.16 Å². The molecular weight excluding hydrogens is 242 g/mol. The zero-order chi connectivity index (χ0) is 8.10. The van der Waals surface area contributed by atoms with E-state index in [0.29, 0.717) is 0 Å². The molecule has 0 atom stereocenters. The lowest BCUT2D eigenvalue weighted by molar-refractivity contribution is 0.664. The average Bonchev–Trinajstić information content (AvgIpc) is 2.37. The normalized spacial score (nSPS) is 9.50. The molecule has 2 N–H and O–H groups in total. The van der Waals surface area contributed by atoms with E-state index in [1.54, 1.807) is 16.4 Å². The Balaban J connectivity index is 0.00000121. The first-order valence-corrected chi connectivity index (χ1v) is 4.38. The van der Waals surface area contributed by atoms with Crippen molar-refractivity contribution < 1.29 is 0 Å². The standard InChI is InChI=1S/C5H11N5S.BrH/c1-10-5(7-8-9-10)11-4-2-3-6;/h2-4,6H2,1H3;1H. The van der Waals surface area contributed by atoms with Crippen LogP contribution in [0, 0.1) is 0 Å². The van der Waals surface area contributed by atoms with Crippen molar-refractivity contribution in [1.82, 2.24) is 20.2 Å². The van der Waals surface area contributed by atoms with Crippen LogP contribution in [0.4, 0.5) is 0 Å². The van der Waals surface area contributed by atoms with Crippen LogP contribution in [0.25, 0.3) is 0 Å². The van der Waals surface area contributed by atoms with Gasteiger partial charge >= 0.3 is 0 Å². The zero-order valence-electron chi connectivity index (χ0n) is 6.80. The van der Waals surface area contributed by atoms with E-state index in [1.165, 1.54) is 0 Å². The molecule has 0 unspecified atom stereocenters. The van der Waals surface area contributed by atoms with Gasteiger partial charge in [0.05, 0.1) is 0 Å². The van der Waals surface area contributed by atoms with Crippen LogP contribution in [0.1, 0.15) is 6.42 Å². The van der Waals surface area contributed by atoms with E-state index in [4.69, 9.17) is 5.73 Å². The number of hydrogen-bond acceptors (Lipinski definition) is 5. The van der Waals surface area contributed by atoms with Crippen molar-refractivity contribution in [3.63, 3.8) is 0 Å². The zero-order valence-corrected chi connectivity index (χ0v) is 9.33. The minimum Gasteiger partial charge on any atom is -0.330 e. The summed E-state index contributed by atoms with van der Waals surface area (Å²) in [6.45, 7) is 0.721. The van der Waals surface area contributed by atoms with Crippen LogP contribution >= 0.6 is 28.7 Å². The monoisotopic (exact) mass is 253 g/mol. The van der Waals surface area contributed by atoms with Gasteiger partial charge in [0.15, 0.2) is 0 Å². The van der Waals surface area contributed by atoms with Crippen molar-refractivity contribution in [3.05, 3.63) is 0 Å². The molecule has 0 bridgehead atoms. The lowest BCUT2D eigenvalue weighted by Crippen LogP contribution is -2.00. The van der Waals surface area contributed by atoms with E-state index in [1.807, 2.05) is 7.05 Å². The summed E-state index contributed by atoms with van der Waals surface area (Å²) in [6.07, 6.45) is 0.998. The molecule has 0 spiro atoms. The summed E-state index contributed by atoms with van der Waals surface area (Å²) in [6, 6.07) is 0. The molecule has 0 radical (unpaired) electrons. The van der Waals surface area contributed by atoms with Crippen LogP contribution in [-0.4, -0.2) is 32.5 Å². The number of rotatable bonds is 4. The Morgan fingerprint density at radius 3 is 2.83 bits per heavy atom. The molecule has 0 saturated carbocycles. The highest BCUT2D eigenvalue weighted by atomic mass is 79.9. The first-order valence-electron chi connectivity index (χ1n) is 3.40. The van der Waals surface area contributed by atoms with E-state index in [0.717, 1.165) is 23.9 Å². The number of aromatic nitrogens is 4. The summed E-state index contributed by atoms with van der Waals surface area (Å²) < 4.78 is 1.65. The van der Waals surface area contributed by atoms with Crippen molar-refractivity contribution in [1.29, 1.82) is 0 Å². The van der Waals surface area contributed by atoms with Gasteiger partial charge in [-0.1, -0.05) is 11.8 Å². The van der Waals surface area contributed by atoms with E-state index in [-0.39, 0.29) is 17.0 Å². The Labute approximate surface area is 85.9 Å². The number of hydrogen-bond donors (Lipinski definition) is 1. The van der Waals surface area contributed by atoms with Gasteiger partial charge in [-0.05, 0) is 23.4 Å². The number of tetrazole rings is 1. The predicted molar refractivity (Wildman–Crippen MR) is 53.5 cm³/mol. The number of thioether (sulfide) groups is 1. The minimum absolute atomic E-state index is 0. The largest absolute Gasteiger partial charge is 0.330 e. The van der Waals surface area contributed by atoms with Gasteiger partial charge in [-0.3, -0.25) is 0 Å². The molecule has 1 heterocycles. The molecule has 7 heteroatoms. The quantitative estimate of drug-likeness (QED) is 0.615. The molecule has 0 aromatic carbocycles. The van der Waals surface area contributed by atoms with Gasteiger partial charge in [0.25, 0.3) is 0 Å². The van der Waals surface area contributed by atoms with Crippen molar-refractivity contribution in [2.24, 2.45) is 12.8 Å². The lowest BCUT2D eigenvalue weighted by atomic mass is 10.5. The van der Waals surface area contributed by atoms with Gasteiger partial charge in [0, 0.05) is 12.8 Å². The Morgan fingerprint density at radius 2 is 2.33 bits per heavy atom. The highest BCUT2D eigenvalue weighted by Gasteiger charge is 2.00. The first-order chi connectivity index (χ1) is 5.34. The maximum Gasteiger partial charge on any atom is 0.209 e. The molecule has 0 aliphatic rings. The Bertz CT molecular complexity index is 215. The number of nitrogens with zero attached hydrogens (tertiary/aromatic N) is 4. The molecule has 1 rings (SSSR count). The summed E-state index contributed by atoms with van der Waals surface area (Å²) in [5, 5.41) is 11.9. The Hall–Kier alpha value is -0.140. The minimum atomic E-state index is 0. The fraction of sp³-hybridized carbons (Fsp3) is 0.800. The fourth-order valence-electron chi connectivity index (χ4n) is 0.590. The van der Waals surface area contributed by atoms with E-state index in [9.17, 15) is 0 Å². The maximum absolute atomic E-state index is 5.33. The molecule has 0 amide bonds. The number of nitrogens with two attached hydrogens (primary N) is 1. The van der Waals surface area contributed by atoms with Gasteiger partial charge in [-0.2, -0.15) is 0 Å². The number of halogens is 1. The lowest BCUT2D eigenvalue weighted by Gasteiger charge is -1.95. The smallest absolute Gasteiger partial charge is 0.209 e. The molecule has 0 fully saturated rings. The third kappa shape index (κ3) is 3.51. The summed E-state index contributed by atoms with van der Waals surface area (Å²) in [4.78, 5) is 0. The third-order valence-corrected chi connectivity index (χ3v) is 2.26. The predicted octanol–water partition coefficient (Wildman–Crippen LogP) is 0.229. The summed E-state index contributed by atoms with van der Waals surface area (Å²) >= 11 is 1.63. The summed E-state index contributed by atoms with van der Waals surface area (Å²) in [5.41, 5.74) is 5.33. The second-order valence-electron chi connectivity index (χ2n) is 2.08. The molecule has 12 heavy (non-hydrogen) atoms. The molecule has 0 aliphatic heterocycles. The van der Waals surface area contributed by atoms with Crippen LogP contribution < -0.4 is 5.73 Å². The second-order valence-corrected chi connectivity index (χ2v) is 3.14. The second kappa shape index (κ2) is 6.38. The molecule has 0 saturated heterocycles. The van der Waals surface area contributed by atoms with E-state index < -0.39 is 0 Å². The molecule has 0 aliphatic carbocycles. The van der Waals surface area contributed by atoms with Crippen LogP contribution in [0.5, 0.6) is 0 Å². The molecule has 5 nitrogen and oxygen atoms in total. The van der Waals surface area contributed by atoms with Gasteiger partial charge in [-0.15, -0.1) is 22.1 Å². The van der Waals surface area contributed by atoms with E-state index in [2.05, 4.69) is 15.5 Å².